The normalized spacial score (nSPS) is 10.3. The van der Waals surface area contributed by atoms with Gasteiger partial charge in [0, 0.05) is 10.2 Å². The molecule has 84 valence electrons. The van der Waals surface area contributed by atoms with E-state index >= 15 is 0 Å². The molecule has 0 atom stereocenters. The van der Waals surface area contributed by atoms with Crippen molar-refractivity contribution in [3.8, 4) is 5.75 Å². The van der Waals surface area contributed by atoms with Gasteiger partial charge in [0.2, 0.25) is 0 Å². The van der Waals surface area contributed by atoms with E-state index in [4.69, 9.17) is 4.74 Å². The van der Waals surface area contributed by atoms with E-state index in [0.29, 0.717) is 6.61 Å². The van der Waals surface area contributed by atoms with Crippen LogP contribution in [0.15, 0.2) is 38.6 Å². The molecule has 2 rings (SSSR count). The number of benzene rings is 1. The van der Waals surface area contributed by atoms with E-state index < -0.39 is 0 Å². The van der Waals surface area contributed by atoms with Crippen LogP contribution >= 0.6 is 39.0 Å². The van der Waals surface area contributed by atoms with Crippen molar-refractivity contribution in [2.75, 3.05) is 12.4 Å². The topological polar surface area (TPSA) is 35.0 Å². The molecule has 0 N–H and O–H groups in total. The standard InChI is InChI=1S/C10H9BrN2OS2/c11-8-1-3-9(4-2-8)14-5-6-15-10-13-12-7-16-10/h1-4,7H,5-6H2. The fraction of sp³-hybridized carbons (Fsp3) is 0.200. The molecule has 1 aromatic heterocycles. The smallest absolute Gasteiger partial charge is 0.174 e. The van der Waals surface area contributed by atoms with E-state index in [-0.39, 0.29) is 0 Å². The van der Waals surface area contributed by atoms with Crippen LogP contribution < -0.4 is 4.74 Å². The first kappa shape index (κ1) is 11.9. The summed E-state index contributed by atoms with van der Waals surface area (Å²) in [4.78, 5) is 0. The molecular formula is C10H9BrN2OS2. The van der Waals surface area contributed by atoms with Crippen molar-refractivity contribution in [3.05, 3.63) is 34.2 Å². The van der Waals surface area contributed by atoms with Crippen molar-refractivity contribution < 1.29 is 4.74 Å². The summed E-state index contributed by atoms with van der Waals surface area (Å²) in [7, 11) is 0. The Morgan fingerprint density at radius 2 is 2.12 bits per heavy atom. The molecule has 0 saturated carbocycles. The van der Waals surface area contributed by atoms with Gasteiger partial charge in [0.25, 0.3) is 0 Å². The Kier molecular flexibility index (Phi) is 4.62. The van der Waals surface area contributed by atoms with Gasteiger partial charge in [-0.25, -0.2) is 0 Å². The van der Waals surface area contributed by atoms with Crippen LogP contribution in [0.4, 0.5) is 0 Å². The Morgan fingerprint density at radius 1 is 1.31 bits per heavy atom. The van der Waals surface area contributed by atoms with Gasteiger partial charge in [0.15, 0.2) is 4.34 Å². The number of nitrogens with zero attached hydrogens (tertiary/aromatic N) is 2. The lowest BCUT2D eigenvalue weighted by molar-refractivity contribution is 0.344. The van der Waals surface area contributed by atoms with Gasteiger partial charge in [-0.05, 0) is 24.3 Å². The summed E-state index contributed by atoms with van der Waals surface area (Å²) in [5.74, 6) is 1.77. The molecule has 0 fully saturated rings. The highest BCUT2D eigenvalue weighted by atomic mass is 79.9. The number of aromatic nitrogens is 2. The Hall–Kier alpha value is -0.590. The van der Waals surface area contributed by atoms with Gasteiger partial charge in [-0.2, -0.15) is 0 Å². The summed E-state index contributed by atoms with van der Waals surface area (Å²) in [5, 5.41) is 7.71. The number of rotatable bonds is 5. The maximum atomic E-state index is 5.57. The van der Waals surface area contributed by atoms with Gasteiger partial charge in [0.05, 0.1) is 6.61 Å². The lowest BCUT2D eigenvalue weighted by Crippen LogP contribution is -1.99. The first-order valence-corrected chi connectivity index (χ1v) is 7.28. The number of hydrogen-bond acceptors (Lipinski definition) is 5. The third-order valence-corrected chi connectivity index (χ3v) is 4.08. The minimum Gasteiger partial charge on any atom is -0.493 e. The molecule has 0 aliphatic rings. The third-order valence-electron chi connectivity index (χ3n) is 1.73. The van der Waals surface area contributed by atoms with Gasteiger partial charge in [-0.3, -0.25) is 0 Å². The first-order valence-electron chi connectivity index (χ1n) is 4.62. The summed E-state index contributed by atoms with van der Waals surface area (Å²) in [5.41, 5.74) is 1.73. The van der Waals surface area contributed by atoms with Crippen LogP contribution in [0.25, 0.3) is 0 Å². The zero-order chi connectivity index (χ0) is 11.2. The fourth-order valence-electron chi connectivity index (χ4n) is 1.05. The summed E-state index contributed by atoms with van der Waals surface area (Å²) in [6.45, 7) is 0.672. The number of halogens is 1. The Bertz CT molecular complexity index is 419. The molecule has 1 aromatic carbocycles. The zero-order valence-electron chi connectivity index (χ0n) is 8.30. The molecule has 0 unspecified atom stereocenters. The molecule has 0 saturated heterocycles. The summed E-state index contributed by atoms with van der Waals surface area (Å²) in [6, 6.07) is 7.82. The average molecular weight is 317 g/mol. The van der Waals surface area contributed by atoms with Gasteiger partial charge in [-0.15, -0.1) is 10.2 Å². The molecule has 0 aliphatic carbocycles. The molecule has 6 heteroatoms. The third kappa shape index (κ3) is 3.77. The van der Waals surface area contributed by atoms with E-state index in [2.05, 4.69) is 26.1 Å². The predicted molar refractivity (Wildman–Crippen MR) is 70.3 cm³/mol. The zero-order valence-corrected chi connectivity index (χ0v) is 11.5. The van der Waals surface area contributed by atoms with E-state index in [1.54, 1.807) is 28.6 Å². The van der Waals surface area contributed by atoms with Gasteiger partial charge in [-0.1, -0.05) is 39.0 Å². The molecule has 0 spiro atoms. The summed E-state index contributed by atoms with van der Waals surface area (Å²) < 4.78 is 7.62. The lowest BCUT2D eigenvalue weighted by atomic mass is 10.3. The SMILES string of the molecule is Brc1ccc(OCCSc2nncs2)cc1. The molecule has 0 aliphatic heterocycles. The van der Waals surface area contributed by atoms with Crippen molar-refractivity contribution in [3.63, 3.8) is 0 Å². The van der Waals surface area contributed by atoms with Crippen LogP contribution in [0.5, 0.6) is 5.75 Å². The second-order valence-corrected chi connectivity index (χ2v) is 5.95. The van der Waals surface area contributed by atoms with Crippen molar-refractivity contribution in [2.24, 2.45) is 0 Å². The van der Waals surface area contributed by atoms with Crippen molar-refractivity contribution in [2.45, 2.75) is 4.34 Å². The highest BCUT2D eigenvalue weighted by Crippen LogP contribution is 2.20. The minimum absolute atomic E-state index is 0.672. The van der Waals surface area contributed by atoms with Gasteiger partial charge < -0.3 is 4.74 Å². The minimum atomic E-state index is 0.672. The summed E-state index contributed by atoms with van der Waals surface area (Å²) in [6.07, 6.45) is 0. The van der Waals surface area contributed by atoms with E-state index in [9.17, 15) is 0 Å². The van der Waals surface area contributed by atoms with Crippen LogP contribution in [-0.2, 0) is 0 Å². The van der Waals surface area contributed by atoms with Crippen molar-refractivity contribution in [1.29, 1.82) is 0 Å². The van der Waals surface area contributed by atoms with Gasteiger partial charge in [0.1, 0.15) is 11.3 Å². The van der Waals surface area contributed by atoms with Crippen LogP contribution in [-0.4, -0.2) is 22.6 Å². The highest BCUT2D eigenvalue weighted by molar-refractivity contribution is 9.10. The average Bonchev–Trinajstić information content (AvgIpc) is 2.80. The molecule has 3 nitrogen and oxygen atoms in total. The monoisotopic (exact) mass is 316 g/mol. The quantitative estimate of drug-likeness (QED) is 0.625. The second kappa shape index (κ2) is 6.22. The molecule has 16 heavy (non-hydrogen) atoms. The molecule has 0 radical (unpaired) electrons. The maximum absolute atomic E-state index is 5.57. The lowest BCUT2D eigenvalue weighted by Gasteiger charge is -2.04. The largest absolute Gasteiger partial charge is 0.493 e. The van der Waals surface area contributed by atoms with E-state index in [0.717, 1.165) is 20.3 Å². The first-order chi connectivity index (χ1) is 7.84. The molecular weight excluding hydrogens is 308 g/mol. The number of thioether (sulfide) groups is 1. The van der Waals surface area contributed by atoms with E-state index in [1.165, 1.54) is 0 Å². The molecule has 0 bridgehead atoms. The van der Waals surface area contributed by atoms with Crippen molar-refractivity contribution >= 4 is 39.0 Å². The Labute approximate surface area is 110 Å². The van der Waals surface area contributed by atoms with Crippen LogP contribution in [0.2, 0.25) is 0 Å². The molecule has 1 heterocycles. The van der Waals surface area contributed by atoms with Crippen LogP contribution in [0, 0.1) is 0 Å². The Morgan fingerprint density at radius 3 is 2.81 bits per heavy atom. The van der Waals surface area contributed by atoms with Crippen molar-refractivity contribution in [1.82, 2.24) is 10.2 Å². The fourth-order valence-corrected chi connectivity index (χ4v) is 2.69. The van der Waals surface area contributed by atoms with Crippen LogP contribution in [0.1, 0.15) is 0 Å². The summed E-state index contributed by atoms with van der Waals surface area (Å²) >= 11 is 6.59. The number of hydrogen-bond donors (Lipinski definition) is 0. The maximum Gasteiger partial charge on any atom is 0.174 e. The predicted octanol–water partition coefficient (Wildman–Crippen LogP) is 3.47. The second-order valence-electron chi connectivity index (χ2n) is 2.86. The molecule has 0 amide bonds. The van der Waals surface area contributed by atoms with Gasteiger partial charge >= 0.3 is 0 Å². The number of ether oxygens (including phenoxy) is 1. The van der Waals surface area contributed by atoms with Crippen LogP contribution in [0.3, 0.4) is 0 Å². The highest BCUT2D eigenvalue weighted by Gasteiger charge is 1.98. The Balaban J connectivity index is 1.70. The molecule has 2 aromatic rings. The van der Waals surface area contributed by atoms with E-state index in [1.807, 2.05) is 24.3 Å².